The molecule has 0 aliphatic carbocycles. The molecule has 0 aliphatic heterocycles. The predicted molar refractivity (Wildman–Crippen MR) is 65.3 cm³/mol. The summed E-state index contributed by atoms with van der Waals surface area (Å²) >= 11 is 0. The number of hydrogen-bond donors (Lipinski definition) is 3. The van der Waals surface area contributed by atoms with Gasteiger partial charge in [0.05, 0.1) is 6.61 Å². The summed E-state index contributed by atoms with van der Waals surface area (Å²) in [5, 5.41) is 17.6. The molecule has 3 N–H and O–H groups in total. The Bertz CT molecular complexity index is 269. The van der Waals surface area contributed by atoms with E-state index in [0.29, 0.717) is 13.0 Å². The lowest BCUT2D eigenvalue weighted by atomic mass is 9.91. The van der Waals surface area contributed by atoms with Gasteiger partial charge in [-0.15, -0.1) is 0 Å². The lowest BCUT2D eigenvalue weighted by Gasteiger charge is -2.26. The number of hydrogen-bond acceptors (Lipinski definition) is 5. The van der Waals surface area contributed by atoms with E-state index < -0.39 is 11.5 Å². The van der Waals surface area contributed by atoms with Crippen LogP contribution in [-0.2, 0) is 14.3 Å². The molecule has 0 amide bonds. The number of aliphatic carboxylic acids is 1. The molecule has 0 aliphatic rings. The minimum Gasteiger partial charge on any atom is -0.481 e. The molecule has 0 saturated carbocycles. The van der Waals surface area contributed by atoms with Crippen molar-refractivity contribution < 1.29 is 24.6 Å². The van der Waals surface area contributed by atoms with Crippen LogP contribution in [0.5, 0.6) is 0 Å². The minimum absolute atomic E-state index is 0.0606. The molecule has 0 radical (unpaired) electrons. The first kappa shape index (κ1) is 16.9. The quantitative estimate of drug-likeness (QED) is 0.315. The topological polar surface area (TPSA) is 95.9 Å². The molecule has 1 unspecified atom stereocenters. The van der Waals surface area contributed by atoms with Gasteiger partial charge in [0.1, 0.15) is 0 Å². The number of carboxylic acids is 1. The zero-order valence-electron chi connectivity index (χ0n) is 11.1. The maximum absolute atomic E-state index is 11.4. The Morgan fingerprint density at radius 1 is 1.28 bits per heavy atom. The van der Waals surface area contributed by atoms with Crippen LogP contribution in [0.1, 0.15) is 52.4 Å². The van der Waals surface area contributed by atoms with Crippen molar-refractivity contribution in [3.05, 3.63) is 0 Å². The van der Waals surface area contributed by atoms with E-state index in [1.807, 2.05) is 6.92 Å². The molecular weight excluding hydrogens is 238 g/mol. The van der Waals surface area contributed by atoms with Crippen LogP contribution in [0.25, 0.3) is 0 Å². The second kappa shape index (κ2) is 8.88. The summed E-state index contributed by atoms with van der Waals surface area (Å²) in [6.45, 7) is 4.09. The number of nitrogens with one attached hydrogen (secondary N) is 1. The van der Waals surface area contributed by atoms with E-state index >= 15 is 0 Å². The van der Waals surface area contributed by atoms with Crippen molar-refractivity contribution in [2.45, 2.75) is 57.9 Å². The number of ether oxygens (including phenoxy) is 1. The molecule has 0 fully saturated rings. The van der Waals surface area contributed by atoms with Crippen molar-refractivity contribution in [1.82, 2.24) is 5.48 Å². The molecule has 6 heteroatoms. The Kier molecular flexibility index (Phi) is 8.32. The minimum atomic E-state index is -0.929. The van der Waals surface area contributed by atoms with Crippen LogP contribution in [0.2, 0.25) is 0 Å². The summed E-state index contributed by atoms with van der Waals surface area (Å²) in [6, 6.07) is 0. The lowest BCUT2D eigenvalue weighted by Crippen LogP contribution is -2.41. The Hall–Kier alpha value is -1.14. The Morgan fingerprint density at radius 3 is 2.39 bits per heavy atom. The Labute approximate surface area is 107 Å². The van der Waals surface area contributed by atoms with Gasteiger partial charge in [-0.05, 0) is 26.2 Å². The second-order valence-electron chi connectivity index (χ2n) is 4.64. The number of rotatable bonds is 10. The molecule has 106 valence electrons. The molecule has 0 rings (SSSR count). The highest BCUT2D eigenvalue weighted by Gasteiger charge is 2.25. The van der Waals surface area contributed by atoms with E-state index in [1.165, 1.54) is 0 Å². The highest BCUT2D eigenvalue weighted by Crippen LogP contribution is 2.18. The first-order valence-electron chi connectivity index (χ1n) is 6.22. The summed E-state index contributed by atoms with van der Waals surface area (Å²) in [4.78, 5) is 21.8. The molecule has 1 atom stereocenters. The number of carboxylic acid groups (broad SMARTS) is 1. The van der Waals surface area contributed by atoms with Crippen molar-refractivity contribution in [3.8, 4) is 0 Å². The highest BCUT2D eigenvalue weighted by atomic mass is 16.5. The fraction of sp³-hybridized carbons (Fsp3) is 0.833. The van der Waals surface area contributed by atoms with Crippen LogP contribution >= 0.6 is 0 Å². The molecule has 0 aromatic heterocycles. The van der Waals surface area contributed by atoms with Gasteiger partial charge in [-0.1, -0.05) is 13.3 Å². The summed E-state index contributed by atoms with van der Waals surface area (Å²) < 4.78 is 4.98. The number of esters is 1. The van der Waals surface area contributed by atoms with E-state index in [4.69, 9.17) is 15.1 Å². The lowest BCUT2D eigenvalue weighted by molar-refractivity contribution is -0.144. The highest BCUT2D eigenvalue weighted by molar-refractivity contribution is 5.69. The van der Waals surface area contributed by atoms with Gasteiger partial charge in [0.15, 0.2) is 0 Å². The zero-order chi connectivity index (χ0) is 14.0. The van der Waals surface area contributed by atoms with Gasteiger partial charge in [-0.2, -0.15) is 5.48 Å². The van der Waals surface area contributed by atoms with E-state index in [9.17, 15) is 9.59 Å². The summed E-state index contributed by atoms with van der Waals surface area (Å²) in [6.07, 6.45) is 2.48. The maximum Gasteiger partial charge on any atom is 0.305 e. The van der Waals surface area contributed by atoms with Gasteiger partial charge in [0, 0.05) is 18.4 Å². The SMILES string of the molecule is CCCCOC(=O)CCC(C)(CCC(=O)O)NO. The van der Waals surface area contributed by atoms with Crippen molar-refractivity contribution in [2.24, 2.45) is 0 Å². The molecule has 0 saturated heterocycles. The molecule has 18 heavy (non-hydrogen) atoms. The maximum atomic E-state index is 11.4. The van der Waals surface area contributed by atoms with Gasteiger partial charge in [-0.25, -0.2) is 0 Å². The van der Waals surface area contributed by atoms with E-state index in [0.717, 1.165) is 12.8 Å². The van der Waals surface area contributed by atoms with Crippen LogP contribution in [0.3, 0.4) is 0 Å². The van der Waals surface area contributed by atoms with Gasteiger partial charge in [0.25, 0.3) is 0 Å². The molecular formula is C12H23NO5. The summed E-state index contributed by atoms with van der Waals surface area (Å²) in [5.41, 5.74) is 1.31. The number of unbranched alkanes of at least 4 members (excludes halogenated alkanes) is 1. The molecule has 0 heterocycles. The van der Waals surface area contributed by atoms with Crippen LogP contribution in [-0.4, -0.2) is 34.4 Å². The van der Waals surface area contributed by atoms with Gasteiger partial charge >= 0.3 is 11.9 Å². The number of carbonyl (C=O) groups excluding carboxylic acids is 1. The summed E-state index contributed by atoms with van der Waals surface area (Å²) in [5.74, 6) is -1.25. The molecule has 6 nitrogen and oxygen atoms in total. The molecule has 0 aromatic carbocycles. The Balaban J connectivity index is 3.96. The monoisotopic (exact) mass is 261 g/mol. The largest absolute Gasteiger partial charge is 0.481 e. The average molecular weight is 261 g/mol. The normalized spacial score (nSPS) is 13.9. The van der Waals surface area contributed by atoms with Crippen LogP contribution in [0, 0.1) is 0 Å². The predicted octanol–water partition coefficient (Wildman–Crippen LogP) is 1.71. The number of carbonyl (C=O) groups is 2. The van der Waals surface area contributed by atoms with Crippen molar-refractivity contribution >= 4 is 11.9 Å². The first-order chi connectivity index (χ1) is 8.43. The number of hydroxylamine groups is 1. The van der Waals surface area contributed by atoms with Crippen LogP contribution in [0.15, 0.2) is 0 Å². The van der Waals surface area contributed by atoms with Gasteiger partial charge < -0.3 is 15.1 Å². The fourth-order valence-electron chi connectivity index (χ4n) is 1.40. The van der Waals surface area contributed by atoms with Crippen molar-refractivity contribution in [1.29, 1.82) is 0 Å². The van der Waals surface area contributed by atoms with Gasteiger partial charge in [-0.3, -0.25) is 9.59 Å². The summed E-state index contributed by atoms with van der Waals surface area (Å²) in [7, 11) is 0. The standard InChI is InChI=1S/C12H23NO5/c1-3-4-9-18-11(16)6-8-12(2,13-17)7-5-10(14)15/h13,17H,3-9H2,1-2H3,(H,14,15). The van der Waals surface area contributed by atoms with E-state index in [-0.39, 0.29) is 25.2 Å². The second-order valence-corrected chi connectivity index (χ2v) is 4.64. The average Bonchev–Trinajstić information content (AvgIpc) is 2.34. The van der Waals surface area contributed by atoms with Crippen LogP contribution in [0.4, 0.5) is 0 Å². The van der Waals surface area contributed by atoms with Gasteiger partial charge in [0.2, 0.25) is 0 Å². The fourth-order valence-corrected chi connectivity index (χ4v) is 1.40. The molecule has 0 aromatic rings. The zero-order valence-corrected chi connectivity index (χ0v) is 11.1. The van der Waals surface area contributed by atoms with E-state index in [1.54, 1.807) is 6.92 Å². The van der Waals surface area contributed by atoms with Crippen molar-refractivity contribution in [2.75, 3.05) is 6.61 Å². The smallest absolute Gasteiger partial charge is 0.305 e. The molecule has 0 bridgehead atoms. The third kappa shape index (κ3) is 8.03. The van der Waals surface area contributed by atoms with E-state index in [2.05, 4.69) is 5.48 Å². The first-order valence-corrected chi connectivity index (χ1v) is 6.22. The third-order valence-corrected chi connectivity index (χ3v) is 2.80. The Morgan fingerprint density at radius 2 is 1.89 bits per heavy atom. The van der Waals surface area contributed by atoms with Crippen LogP contribution < -0.4 is 5.48 Å². The molecule has 0 spiro atoms. The van der Waals surface area contributed by atoms with Crippen molar-refractivity contribution in [3.63, 3.8) is 0 Å². The third-order valence-electron chi connectivity index (χ3n) is 2.80.